The second-order valence-corrected chi connectivity index (χ2v) is 6.76. The summed E-state index contributed by atoms with van der Waals surface area (Å²) in [6.07, 6.45) is 1.37. The predicted molar refractivity (Wildman–Crippen MR) is 120 cm³/mol. The van der Waals surface area contributed by atoms with Crippen molar-refractivity contribution in [3.05, 3.63) is 99.1 Å². The van der Waals surface area contributed by atoms with Crippen molar-refractivity contribution in [1.29, 1.82) is 0 Å². The minimum absolute atomic E-state index is 0.116. The van der Waals surface area contributed by atoms with E-state index in [4.69, 9.17) is 16.3 Å². The van der Waals surface area contributed by atoms with Gasteiger partial charge in [0.2, 0.25) is 0 Å². The lowest BCUT2D eigenvalue weighted by atomic mass is 10.2. The van der Waals surface area contributed by atoms with Gasteiger partial charge in [-0.2, -0.15) is 5.10 Å². The van der Waals surface area contributed by atoms with Gasteiger partial charge < -0.3 is 10.1 Å². The third-order valence-corrected chi connectivity index (χ3v) is 4.47. The van der Waals surface area contributed by atoms with Crippen molar-refractivity contribution >= 4 is 41.0 Å². The number of benzene rings is 3. The zero-order chi connectivity index (χ0) is 22.9. The number of hydrogen-bond donors (Lipinski definition) is 2. The van der Waals surface area contributed by atoms with Gasteiger partial charge in [0.05, 0.1) is 21.8 Å². The van der Waals surface area contributed by atoms with E-state index in [9.17, 15) is 19.7 Å². The number of hydrogen-bond acceptors (Lipinski definition) is 6. The molecule has 0 aromatic heterocycles. The minimum Gasteiger partial charge on any atom is -0.483 e. The van der Waals surface area contributed by atoms with Crippen LogP contribution in [0.25, 0.3) is 0 Å². The van der Waals surface area contributed by atoms with E-state index in [1.807, 2.05) is 0 Å². The summed E-state index contributed by atoms with van der Waals surface area (Å²) in [6, 6.07) is 18.8. The number of hydrazone groups is 1. The highest BCUT2D eigenvalue weighted by Crippen LogP contribution is 2.21. The first-order valence-electron chi connectivity index (χ1n) is 9.28. The Morgan fingerprint density at radius 1 is 1.03 bits per heavy atom. The number of ether oxygens (including phenoxy) is 1. The quantitative estimate of drug-likeness (QED) is 0.303. The van der Waals surface area contributed by atoms with Crippen LogP contribution in [0.4, 0.5) is 11.4 Å². The number of anilines is 1. The first-order chi connectivity index (χ1) is 15.4. The summed E-state index contributed by atoms with van der Waals surface area (Å²) in [5.41, 5.74) is 3.45. The topological polar surface area (TPSA) is 123 Å². The molecule has 3 aromatic carbocycles. The average molecular weight is 453 g/mol. The van der Waals surface area contributed by atoms with E-state index < -0.39 is 16.7 Å². The smallest absolute Gasteiger partial charge is 0.271 e. The van der Waals surface area contributed by atoms with E-state index in [-0.39, 0.29) is 17.9 Å². The van der Waals surface area contributed by atoms with Crippen LogP contribution in [0, 0.1) is 10.1 Å². The summed E-state index contributed by atoms with van der Waals surface area (Å²) in [5, 5.41) is 17.6. The number of nitro benzene ring substituents is 1. The highest BCUT2D eigenvalue weighted by Gasteiger charge is 2.10. The van der Waals surface area contributed by atoms with Gasteiger partial charge in [-0.05, 0) is 36.4 Å². The van der Waals surface area contributed by atoms with Crippen LogP contribution in [0.3, 0.4) is 0 Å². The van der Waals surface area contributed by atoms with Gasteiger partial charge in [-0.3, -0.25) is 19.7 Å². The van der Waals surface area contributed by atoms with Crippen molar-refractivity contribution in [1.82, 2.24) is 5.43 Å². The molecule has 0 unspecified atom stereocenters. The number of carbonyl (C=O) groups excluding carboxylic acids is 2. The van der Waals surface area contributed by atoms with Gasteiger partial charge in [-0.1, -0.05) is 35.9 Å². The van der Waals surface area contributed by atoms with Crippen molar-refractivity contribution in [2.45, 2.75) is 0 Å². The predicted octanol–water partition coefficient (Wildman–Crippen LogP) is 4.03. The maximum absolute atomic E-state index is 12.1. The molecule has 32 heavy (non-hydrogen) atoms. The summed E-state index contributed by atoms with van der Waals surface area (Å²) in [5.74, 6) is -0.542. The van der Waals surface area contributed by atoms with Gasteiger partial charge in [0.25, 0.3) is 17.5 Å². The summed E-state index contributed by atoms with van der Waals surface area (Å²) < 4.78 is 5.57. The molecule has 9 nitrogen and oxygen atoms in total. The monoisotopic (exact) mass is 452 g/mol. The molecule has 0 aliphatic heterocycles. The molecule has 3 rings (SSSR count). The van der Waals surface area contributed by atoms with Crippen molar-refractivity contribution < 1.29 is 19.2 Å². The molecule has 0 saturated carbocycles. The Hall–Kier alpha value is -4.24. The van der Waals surface area contributed by atoms with Crippen LogP contribution in [-0.2, 0) is 4.79 Å². The summed E-state index contributed by atoms with van der Waals surface area (Å²) in [4.78, 5) is 34.4. The molecule has 0 fully saturated rings. The van der Waals surface area contributed by atoms with Crippen molar-refractivity contribution in [3.63, 3.8) is 0 Å². The molecule has 2 amide bonds. The van der Waals surface area contributed by atoms with Crippen LogP contribution in [0.15, 0.2) is 77.9 Å². The Labute approximate surface area is 187 Å². The number of nitro groups is 1. The second kappa shape index (κ2) is 10.7. The van der Waals surface area contributed by atoms with Crippen LogP contribution in [0.1, 0.15) is 15.9 Å². The Bertz CT molecular complexity index is 1160. The molecule has 0 aliphatic carbocycles. The minimum atomic E-state index is -0.550. The van der Waals surface area contributed by atoms with Gasteiger partial charge in [0, 0.05) is 23.3 Å². The van der Waals surface area contributed by atoms with E-state index in [1.165, 1.54) is 30.5 Å². The SMILES string of the molecule is O=C(COc1ccccc1/C=N/NC(=O)c1ccc([N+](=O)[O-])cc1)Nc1ccccc1Cl. The molecular weight excluding hydrogens is 436 g/mol. The number of para-hydroxylation sites is 2. The van der Waals surface area contributed by atoms with Crippen LogP contribution in [0.2, 0.25) is 5.02 Å². The number of halogens is 1. The first-order valence-corrected chi connectivity index (χ1v) is 9.66. The third-order valence-electron chi connectivity index (χ3n) is 4.14. The van der Waals surface area contributed by atoms with Gasteiger partial charge in [-0.15, -0.1) is 0 Å². The van der Waals surface area contributed by atoms with Crippen LogP contribution >= 0.6 is 11.6 Å². The highest BCUT2D eigenvalue weighted by atomic mass is 35.5. The standard InChI is InChI=1S/C22H17ClN4O5/c23-18-6-2-3-7-19(18)25-21(28)14-32-20-8-4-1-5-16(20)13-24-26-22(29)15-9-11-17(12-10-15)27(30)31/h1-13H,14H2,(H,25,28)(H,26,29)/b24-13+. The lowest BCUT2D eigenvalue weighted by Crippen LogP contribution is -2.21. The second-order valence-electron chi connectivity index (χ2n) is 6.36. The van der Waals surface area contributed by atoms with Crippen LogP contribution < -0.4 is 15.5 Å². The molecule has 0 bridgehead atoms. The summed E-state index contributed by atoms with van der Waals surface area (Å²) >= 11 is 6.02. The third kappa shape index (κ3) is 6.13. The maximum Gasteiger partial charge on any atom is 0.271 e. The molecule has 0 heterocycles. The summed E-state index contributed by atoms with van der Waals surface area (Å²) in [7, 11) is 0. The Kier molecular flexibility index (Phi) is 7.50. The fraction of sp³-hybridized carbons (Fsp3) is 0.0455. The zero-order valence-electron chi connectivity index (χ0n) is 16.5. The highest BCUT2D eigenvalue weighted by molar-refractivity contribution is 6.33. The number of carbonyl (C=O) groups is 2. The number of non-ortho nitro benzene ring substituents is 1. The lowest BCUT2D eigenvalue weighted by molar-refractivity contribution is -0.384. The van der Waals surface area contributed by atoms with E-state index in [1.54, 1.807) is 48.5 Å². The largest absolute Gasteiger partial charge is 0.483 e. The molecule has 2 N–H and O–H groups in total. The molecule has 0 radical (unpaired) electrons. The van der Waals surface area contributed by atoms with Crippen molar-refractivity contribution in [2.75, 3.05) is 11.9 Å². The number of amides is 2. The molecular formula is C22H17ClN4O5. The van der Waals surface area contributed by atoms with Gasteiger partial charge in [-0.25, -0.2) is 5.43 Å². The van der Waals surface area contributed by atoms with Crippen LogP contribution in [0.5, 0.6) is 5.75 Å². The number of nitrogens with one attached hydrogen (secondary N) is 2. The molecule has 162 valence electrons. The fourth-order valence-electron chi connectivity index (χ4n) is 2.57. The van der Waals surface area contributed by atoms with E-state index in [0.29, 0.717) is 22.0 Å². The normalized spacial score (nSPS) is 10.5. The Morgan fingerprint density at radius 2 is 1.72 bits per heavy atom. The van der Waals surface area contributed by atoms with Gasteiger partial charge in [0.15, 0.2) is 6.61 Å². The molecule has 3 aromatic rings. The molecule has 0 spiro atoms. The zero-order valence-corrected chi connectivity index (χ0v) is 17.3. The average Bonchev–Trinajstić information content (AvgIpc) is 2.80. The molecule has 0 saturated heterocycles. The maximum atomic E-state index is 12.1. The van der Waals surface area contributed by atoms with Gasteiger partial charge in [0.1, 0.15) is 5.75 Å². The Balaban J connectivity index is 1.58. The molecule has 0 aliphatic rings. The first kappa shape index (κ1) is 22.4. The van der Waals surface area contributed by atoms with E-state index in [2.05, 4.69) is 15.8 Å². The van der Waals surface area contributed by atoms with Crippen molar-refractivity contribution in [2.24, 2.45) is 5.10 Å². The fourth-order valence-corrected chi connectivity index (χ4v) is 2.75. The van der Waals surface area contributed by atoms with E-state index >= 15 is 0 Å². The van der Waals surface area contributed by atoms with Crippen LogP contribution in [-0.4, -0.2) is 29.6 Å². The van der Waals surface area contributed by atoms with E-state index in [0.717, 1.165) is 0 Å². The number of rotatable bonds is 8. The van der Waals surface area contributed by atoms with Crippen molar-refractivity contribution in [3.8, 4) is 5.75 Å². The summed E-state index contributed by atoms with van der Waals surface area (Å²) in [6.45, 7) is -0.259. The van der Waals surface area contributed by atoms with Gasteiger partial charge >= 0.3 is 0 Å². The Morgan fingerprint density at radius 3 is 2.44 bits per heavy atom. The number of nitrogens with zero attached hydrogens (tertiary/aromatic N) is 2. The molecule has 10 heteroatoms. The lowest BCUT2D eigenvalue weighted by Gasteiger charge is -2.10. The molecule has 0 atom stereocenters.